The van der Waals surface area contributed by atoms with Crippen LogP contribution in [0.5, 0.6) is 0 Å². The van der Waals surface area contributed by atoms with Crippen LogP contribution >= 0.6 is 0 Å². The van der Waals surface area contributed by atoms with Crippen LogP contribution in [0.15, 0.2) is 154 Å². The topological polar surface area (TPSA) is 82.8 Å². The summed E-state index contributed by atoms with van der Waals surface area (Å²) in [5.74, 6) is 2.86. The van der Waals surface area contributed by atoms with Gasteiger partial charge in [0.2, 0.25) is 5.89 Å². The van der Waals surface area contributed by atoms with E-state index in [1.165, 1.54) is 10.8 Å². The number of oxazole rings is 1. The van der Waals surface area contributed by atoms with Crippen molar-refractivity contribution in [1.29, 1.82) is 0 Å². The van der Waals surface area contributed by atoms with Gasteiger partial charge in [-0.3, -0.25) is 0 Å². The third kappa shape index (κ3) is 5.26. The number of fused-ring (bicyclic) bond motifs is 9. The van der Waals surface area contributed by atoms with E-state index in [0.29, 0.717) is 17.5 Å². The molecule has 0 amide bonds. The summed E-state index contributed by atoms with van der Waals surface area (Å²) in [5, 5.41) is 6.82. The third-order valence-electron chi connectivity index (χ3n) is 11.7. The number of nitrogens with zero attached hydrogens (tertiary/aromatic N) is 5. The zero-order valence-electron chi connectivity index (χ0n) is 31.0. The highest BCUT2D eigenvalue weighted by atomic mass is 16.3. The fourth-order valence-corrected chi connectivity index (χ4v) is 8.84. The molecule has 0 radical (unpaired) electrons. The van der Waals surface area contributed by atoms with Crippen molar-refractivity contribution >= 4 is 71.2 Å². The normalized spacial score (nSPS) is 15.9. The Morgan fingerprint density at radius 3 is 2.26 bits per heavy atom. The Hall–Kier alpha value is -7.12. The second kappa shape index (κ2) is 12.7. The van der Waals surface area contributed by atoms with Crippen LogP contribution in [0.25, 0.3) is 99.7 Å². The fraction of sp³-hybridized carbons (Fsp3) is 0.120. The number of rotatable bonds is 5. The largest absolute Gasteiger partial charge is 0.456 e. The maximum atomic E-state index is 6.79. The van der Waals surface area contributed by atoms with Gasteiger partial charge in [-0.25, -0.2) is 19.9 Å². The highest BCUT2D eigenvalue weighted by Crippen LogP contribution is 2.41. The summed E-state index contributed by atoms with van der Waals surface area (Å²) >= 11 is 0. The lowest BCUT2D eigenvalue weighted by atomic mass is 9.96. The summed E-state index contributed by atoms with van der Waals surface area (Å²) in [6.07, 6.45) is 16.0. The van der Waals surface area contributed by atoms with E-state index in [0.717, 1.165) is 115 Å². The van der Waals surface area contributed by atoms with E-state index in [-0.39, 0.29) is 5.92 Å². The smallest absolute Gasteiger partial charge is 0.202 e. The van der Waals surface area contributed by atoms with Gasteiger partial charge < -0.3 is 13.4 Å². The third-order valence-corrected chi connectivity index (χ3v) is 11.7. The summed E-state index contributed by atoms with van der Waals surface area (Å²) in [6.45, 7) is 0. The van der Waals surface area contributed by atoms with Crippen LogP contribution in [0, 0.1) is 0 Å². The molecule has 12 rings (SSSR count). The number of hydrogen-bond acceptors (Lipinski definition) is 6. The van der Waals surface area contributed by atoms with E-state index in [9.17, 15) is 0 Å². The van der Waals surface area contributed by atoms with Crippen molar-refractivity contribution in [2.75, 3.05) is 0 Å². The molecule has 4 heterocycles. The molecule has 57 heavy (non-hydrogen) atoms. The molecule has 7 heteroatoms. The van der Waals surface area contributed by atoms with Crippen LogP contribution in [0.1, 0.15) is 49.7 Å². The Kier molecular flexibility index (Phi) is 7.17. The molecule has 0 fully saturated rings. The summed E-state index contributed by atoms with van der Waals surface area (Å²) in [6, 6.07) is 40.4. The fourth-order valence-electron chi connectivity index (χ4n) is 8.84. The lowest BCUT2D eigenvalue weighted by Crippen LogP contribution is -2.04. The molecule has 4 aromatic heterocycles. The average Bonchev–Trinajstić information content (AvgIpc) is 3.98. The maximum Gasteiger partial charge on any atom is 0.202 e. The Morgan fingerprint density at radius 2 is 1.40 bits per heavy atom. The average molecular weight is 738 g/mol. The first-order valence-electron chi connectivity index (χ1n) is 19.8. The van der Waals surface area contributed by atoms with Crippen LogP contribution in [0.4, 0.5) is 0 Å². The maximum absolute atomic E-state index is 6.79. The van der Waals surface area contributed by atoms with E-state index < -0.39 is 0 Å². The van der Waals surface area contributed by atoms with Gasteiger partial charge in [-0.1, -0.05) is 91.0 Å². The lowest BCUT2D eigenvalue weighted by Gasteiger charge is -2.13. The number of allylic oxidation sites excluding steroid dienone is 6. The molecule has 0 N–H and O–H groups in total. The first-order valence-corrected chi connectivity index (χ1v) is 19.8. The second-order valence-electron chi connectivity index (χ2n) is 15.2. The van der Waals surface area contributed by atoms with Gasteiger partial charge >= 0.3 is 0 Å². The van der Waals surface area contributed by atoms with Crippen LogP contribution in [0.2, 0.25) is 0 Å². The quantitative estimate of drug-likeness (QED) is 0.164. The number of hydrogen-bond donors (Lipinski definition) is 0. The molecule has 0 saturated heterocycles. The molecule has 0 bridgehead atoms. The van der Waals surface area contributed by atoms with Crippen molar-refractivity contribution < 1.29 is 8.83 Å². The molecule has 6 aromatic carbocycles. The van der Waals surface area contributed by atoms with Gasteiger partial charge in [-0.05, 0) is 103 Å². The van der Waals surface area contributed by atoms with Crippen LogP contribution in [0.3, 0.4) is 0 Å². The van der Waals surface area contributed by atoms with Crippen molar-refractivity contribution in [3.8, 4) is 28.5 Å². The molecule has 0 spiro atoms. The van der Waals surface area contributed by atoms with E-state index in [4.69, 9.17) is 28.8 Å². The molecule has 7 nitrogen and oxygen atoms in total. The highest BCUT2D eigenvalue weighted by molar-refractivity contribution is 6.19. The predicted octanol–water partition coefficient (Wildman–Crippen LogP) is 13.1. The number of benzene rings is 6. The van der Waals surface area contributed by atoms with E-state index in [2.05, 4.69) is 126 Å². The van der Waals surface area contributed by atoms with E-state index in [1.807, 2.05) is 24.3 Å². The molecule has 1 atom stereocenters. The second-order valence-corrected chi connectivity index (χ2v) is 15.2. The number of furan rings is 1. The van der Waals surface area contributed by atoms with Crippen molar-refractivity contribution in [3.05, 3.63) is 157 Å². The molecular formula is C50H35N5O2. The Morgan fingerprint density at radius 1 is 0.596 bits per heavy atom. The van der Waals surface area contributed by atoms with Gasteiger partial charge in [0.05, 0.1) is 17.0 Å². The Labute approximate surface area is 327 Å². The van der Waals surface area contributed by atoms with Crippen LogP contribution in [-0.2, 0) is 0 Å². The van der Waals surface area contributed by atoms with E-state index in [1.54, 1.807) is 0 Å². The van der Waals surface area contributed by atoms with Gasteiger partial charge in [0.15, 0.2) is 23.1 Å². The zero-order chi connectivity index (χ0) is 37.5. The molecule has 0 saturated carbocycles. The Balaban J connectivity index is 1.07. The van der Waals surface area contributed by atoms with Gasteiger partial charge in [0.1, 0.15) is 16.7 Å². The van der Waals surface area contributed by atoms with Crippen LogP contribution < -0.4 is 0 Å². The van der Waals surface area contributed by atoms with E-state index >= 15 is 0 Å². The standard InChI is InChI=1S/C50H35N5O2/c1-3-12-30(13-4-1)47-52-48(54-49(53-47)35-22-23-38-37-20-9-10-21-43(37)56-44(38)29-35)34-18-11-19-36(26-34)55-42-28-33-17-8-7-16-32(33)27-40(42)39-24-25-41-46(45(39)55)57-50(51-41)31-14-5-2-6-15-31/h1,3,5,7-12,14,16-29,31H,2,4,6,13,15H2. The lowest BCUT2D eigenvalue weighted by molar-refractivity contribution is 0.478. The van der Waals surface area contributed by atoms with Crippen molar-refractivity contribution in [1.82, 2.24) is 24.5 Å². The first-order chi connectivity index (χ1) is 28.2. The molecule has 0 aliphatic heterocycles. The molecule has 2 aliphatic carbocycles. The molecular weight excluding hydrogens is 703 g/mol. The van der Waals surface area contributed by atoms with Gasteiger partial charge in [0, 0.05) is 38.4 Å². The first kappa shape index (κ1) is 32.2. The predicted molar refractivity (Wildman–Crippen MR) is 229 cm³/mol. The minimum absolute atomic E-state index is 0.180. The monoisotopic (exact) mass is 737 g/mol. The minimum Gasteiger partial charge on any atom is -0.456 e. The summed E-state index contributed by atoms with van der Waals surface area (Å²) in [4.78, 5) is 20.5. The highest BCUT2D eigenvalue weighted by Gasteiger charge is 2.24. The molecule has 2 aliphatic rings. The molecule has 272 valence electrons. The van der Waals surface area contributed by atoms with Gasteiger partial charge in [0.25, 0.3) is 0 Å². The molecule has 1 unspecified atom stereocenters. The van der Waals surface area contributed by atoms with Crippen molar-refractivity contribution in [2.24, 2.45) is 0 Å². The zero-order valence-corrected chi connectivity index (χ0v) is 31.0. The summed E-state index contributed by atoms with van der Waals surface area (Å²) in [5.41, 5.74) is 9.27. The Bertz CT molecular complexity index is 3360. The van der Waals surface area contributed by atoms with Gasteiger partial charge in [-0.15, -0.1) is 0 Å². The SMILES string of the molecule is C1=CCCC(c2nc(-c3cccc(-n4c5cc6ccccc6cc5c5ccc6nc(C7C=CCCC7)oc6c54)c3)nc(-c3ccc4c(c3)oc3ccccc34)n2)=C1. The van der Waals surface area contributed by atoms with Crippen molar-refractivity contribution in [3.63, 3.8) is 0 Å². The van der Waals surface area contributed by atoms with Crippen molar-refractivity contribution in [2.45, 2.75) is 38.0 Å². The van der Waals surface area contributed by atoms with Crippen LogP contribution in [-0.4, -0.2) is 24.5 Å². The molecule has 10 aromatic rings. The minimum atomic E-state index is 0.180. The number of aromatic nitrogens is 5. The summed E-state index contributed by atoms with van der Waals surface area (Å²) < 4.78 is 15.4. The number of para-hydroxylation sites is 1. The summed E-state index contributed by atoms with van der Waals surface area (Å²) in [7, 11) is 0. The van der Waals surface area contributed by atoms with Gasteiger partial charge in [-0.2, -0.15) is 0 Å².